The van der Waals surface area contributed by atoms with E-state index in [9.17, 15) is 4.79 Å². The summed E-state index contributed by atoms with van der Waals surface area (Å²) in [6.45, 7) is 5.05. The maximum atomic E-state index is 11.8. The zero-order chi connectivity index (χ0) is 15.8. The van der Waals surface area contributed by atoms with Crippen molar-refractivity contribution in [2.75, 3.05) is 18.1 Å². The summed E-state index contributed by atoms with van der Waals surface area (Å²) in [5.41, 5.74) is 3.90. The molecule has 0 aromatic heterocycles. The van der Waals surface area contributed by atoms with Crippen LogP contribution in [-0.4, -0.2) is 29.2 Å². The van der Waals surface area contributed by atoms with Crippen molar-refractivity contribution in [2.45, 2.75) is 50.5 Å². The third-order valence-electron chi connectivity index (χ3n) is 3.86. The van der Waals surface area contributed by atoms with Gasteiger partial charge in [-0.15, -0.1) is 11.8 Å². The van der Waals surface area contributed by atoms with Gasteiger partial charge in [-0.2, -0.15) is 11.8 Å². The molecule has 122 valence electrons. The molecule has 0 unspecified atom stereocenters. The molecule has 0 saturated heterocycles. The van der Waals surface area contributed by atoms with Crippen LogP contribution in [0.3, 0.4) is 0 Å². The van der Waals surface area contributed by atoms with Crippen LogP contribution in [0.1, 0.15) is 42.4 Å². The Morgan fingerprint density at radius 3 is 2.55 bits per heavy atom. The fourth-order valence-electron chi connectivity index (χ4n) is 2.94. The quantitative estimate of drug-likeness (QED) is 0.716. The van der Waals surface area contributed by atoms with Crippen LogP contribution in [0.4, 0.5) is 0 Å². The number of carbonyl (C=O) groups excluding carboxylic acids is 1. The first-order valence-electron chi connectivity index (χ1n) is 8.17. The number of nitrogens with one attached hydrogen (secondary N) is 1. The van der Waals surface area contributed by atoms with E-state index in [2.05, 4.69) is 37.4 Å². The van der Waals surface area contributed by atoms with Gasteiger partial charge in [0.1, 0.15) is 0 Å². The van der Waals surface area contributed by atoms with E-state index in [-0.39, 0.29) is 5.91 Å². The van der Waals surface area contributed by atoms with Crippen LogP contribution >= 0.6 is 23.5 Å². The van der Waals surface area contributed by atoms with Gasteiger partial charge in [0, 0.05) is 23.3 Å². The molecule has 4 heteroatoms. The van der Waals surface area contributed by atoms with Crippen molar-refractivity contribution in [3.8, 4) is 0 Å². The lowest BCUT2D eigenvalue weighted by Crippen LogP contribution is -2.27. The first-order chi connectivity index (χ1) is 10.6. The van der Waals surface area contributed by atoms with Gasteiger partial charge in [-0.1, -0.05) is 42.2 Å². The molecule has 1 fully saturated rings. The molecule has 1 aromatic rings. The van der Waals surface area contributed by atoms with Gasteiger partial charge in [-0.25, -0.2) is 0 Å². The Morgan fingerprint density at radius 1 is 1.18 bits per heavy atom. The van der Waals surface area contributed by atoms with E-state index in [1.807, 2.05) is 11.8 Å². The molecule has 1 N–H and O–H groups in total. The summed E-state index contributed by atoms with van der Waals surface area (Å²) in [5.74, 6) is 2.69. The Balaban J connectivity index is 1.55. The summed E-state index contributed by atoms with van der Waals surface area (Å²) in [6.07, 6.45) is 5.51. The van der Waals surface area contributed by atoms with E-state index >= 15 is 0 Å². The normalized spacial score (nSPS) is 15.2. The first-order valence-corrected chi connectivity index (χ1v) is 10.4. The molecule has 1 saturated carbocycles. The Labute approximate surface area is 143 Å². The SMILES string of the molecule is Cc1cc(C)cc(CSCC(=O)NCCSC2CCCC2)c1. The second-order valence-electron chi connectivity index (χ2n) is 6.12. The van der Waals surface area contributed by atoms with Crippen molar-refractivity contribution in [3.05, 3.63) is 34.9 Å². The zero-order valence-electron chi connectivity index (χ0n) is 13.7. The van der Waals surface area contributed by atoms with Crippen molar-refractivity contribution in [1.29, 1.82) is 0 Å². The maximum Gasteiger partial charge on any atom is 0.230 e. The van der Waals surface area contributed by atoms with E-state index < -0.39 is 0 Å². The van der Waals surface area contributed by atoms with Gasteiger partial charge in [0.05, 0.1) is 5.75 Å². The molecule has 2 nitrogen and oxygen atoms in total. The van der Waals surface area contributed by atoms with Crippen LogP contribution in [0.5, 0.6) is 0 Å². The second kappa shape index (κ2) is 9.51. The topological polar surface area (TPSA) is 29.1 Å². The van der Waals surface area contributed by atoms with E-state index in [0.29, 0.717) is 5.75 Å². The van der Waals surface area contributed by atoms with Crippen LogP contribution in [0.2, 0.25) is 0 Å². The van der Waals surface area contributed by atoms with E-state index in [4.69, 9.17) is 0 Å². The Kier molecular flexibility index (Phi) is 7.67. The van der Waals surface area contributed by atoms with Gasteiger partial charge in [0.2, 0.25) is 5.91 Å². The van der Waals surface area contributed by atoms with E-state index in [1.165, 1.54) is 42.4 Å². The van der Waals surface area contributed by atoms with Crippen molar-refractivity contribution in [2.24, 2.45) is 0 Å². The molecule has 1 aliphatic carbocycles. The number of rotatable bonds is 8. The van der Waals surface area contributed by atoms with Gasteiger partial charge in [0.25, 0.3) is 0 Å². The molecule has 1 aliphatic rings. The van der Waals surface area contributed by atoms with Crippen LogP contribution in [-0.2, 0) is 10.5 Å². The predicted octanol–water partition coefficient (Wildman–Crippen LogP) is 4.33. The monoisotopic (exact) mass is 337 g/mol. The zero-order valence-corrected chi connectivity index (χ0v) is 15.3. The van der Waals surface area contributed by atoms with Crippen molar-refractivity contribution in [3.63, 3.8) is 0 Å². The predicted molar refractivity (Wildman–Crippen MR) is 99.8 cm³/mol. The summed E-state index contributed by atoms with van der Waals surface area (Å²) < 4.78 is 0. The molecule has 22 heavy (non-hydrogen) atoms. The molecule has 0 atom stereocenters. The fourth-order valence-corrected chi connectivity index (χ4v) is 4.95. The molecule has 0 bridgehead atoms. The average Bonchev–Trinajstić information content (AvgIpc) is 2.96. The number of hydrogen-bond acceptors (Lipinski definition) is 3. The van der Waals surface area contributed by atoms with E-state index in [0.717, 1.165) is 23.3 Å². The van der Waals surface area contributed by atoms with Crippen LogP contribution in [0, 0.1) is 13.8 Å². The first kappa shape index (κ1) is 17.7. The minimum Gasteiger partial charge on any atom is -0.355 e. The van der Waals surface area contributed by atoms with Crippen LogP contribution in [0.15, 0.2) is 18.2 Å². The number of benzene rings is 1. The van der Waals surface area contributed by atoms with Gasteiger partial charge in [0.15, 0.2) is 0 Å². The Morgan fingerprint density at radius 2 is 1.86 bits per heavy atom. The van der Waals surface area contributed by atoms with Crippen molar-refractivity contribution >= 4 is 29.4 Å². The number of amides is 1. The van der Waals surface area contributed by atoms with Gasteiger partial charge in [-0.05, 0) is 32.3 Å². The van der Waals surface area contributed by atoms with Gasteiger partial charge in [-0.3, -0.25) is 4.79 Å². The van der Waals surface area contributed by atoms with Crippen molar-refractivity contribution < 1.29 is 4.79 Å². The highest BCUT2D eigenvalue weighted by Crippen LogP contribution is 2.28. The maximum absolute atomic E-state index is 11.8. The molecule has 0 heterocycles. The molecule has 0 radical (unpaired) electrons. The largest absolute Gasteiger partial charge is 0.355 e. The minimum atomic E-state index is 0.168. The standard InChI is InChI=1S/C18H27NOS2/c1-14-9-15(2)11-16(10-14)12-21-13-18(20)19-7-8-22-17-5-3-4-6-17/h9-11,17H,3-8,12-13H2,1-2H3,(H,19,20). The highest BCUT2D eigenvalue weighted by Gasteiger charge is 2.14. The summed E-state index contributed by atoms with van der Waals surface area (Å²) in [7, 11) is 0. The number of aryl methyl sites for hydroxylation is 2. The van der Waals surface area contributed by atoms with Crippen LogP contribution in [0.25, 0.3) is 0 Å². The molecule has 0 spiro atoms. The molecule has 1 amide bonds. The van der Waals surface area contributed by atoms with Crippen LogP contribution < -0.4 is 5.32 Å². The lowest BCUT2D eigenvalue weighted by molar-refractivity contribution is -0.118. The Hall–Kier alpha value is -0.610. The number of carbonyl (C=O) groups is 1. The highest BCUT2D eigenvalue weighted by molar-refractivity contribution is 8.00. The minimum absolute atomic E-state index is 0.168. The molecule has 1 aromatic carbocycles. The summed E-state index contributed by atoms with van der Waals surface area (Å²) in [5, 5.41) is 3.88. The number of hydrogen-bond donors (Lipinski definition) is 1. The second-order valence-corrected chi connectivity index (χ2v) is 8.51. The lowest BCUT2D eigenvalue weighted by atomic mass is 10.1. The molecular formula is C18H27NOS2. The van der Waals surface area contributed by atoms with Gasteiger partial charge < -0.3 is 5.32 Å². The third-order valence-corrected chi connectivity index (χ3v) is 6.25. The smallest absolute Gasteiger partial charge is 0.230 e. The number of thioether (sulfide) groups is 2. The average molecular weight is 338 g/mol. The van der Waals surface area contributed by atoms with Gasteiger partial charge >= 0.3 is 0 Å². The molecule has 0 aliphatic heterocycles. The highest BCUT2D eigenvalue weighted by atomic mass is 32.2. The fraction of sp³-hybridized carbons (Fsp3) is 0.611. The third kappa shape index (κ3) is 6.66. The summed E-state index contributed by atoms with van der Waals surface area (Å²) in [4.78, 5) is 11.8. The van der Waals surface area contributed by atoms with Crippen molar-refractivity contribution in [1.82, 2.24) is 5.32 Å². The van der Waals surface area contributed by atoms with E-state index in [1.54, 1.807) is 11.8 Å². The summed E-state index contributed by atoms with van der Waals surface area (Å²) in [6, 6.07) is 6.59. The molecular weight excluding hydrogens is 310 g/mol. The lowest BCUT2D eigenvalue weighted by Gasteiger charge is -2.09. The molecule has 2 rings (SSSR count). The Bertz CT molecular complexity index is 464. The summed E-state index contributed by atoms with van der Waals surface area (Å²) >= 11 is 3.72.